The number of hydrogen-bond donors (Lipinski definition) is 2. The highest BCUT2D eigenvalue weighted by Crippen LogP contribution is 2.29. The van der Waals surface area contributed by atoms with Gasteiger partial charge in [0.05, 0.1) is 0 Å². The lowest BCUT2D eigenvalue weighted by molar-refractivity contribution is -0.274. The van der Waals surface area contributed by atoms with Crippen molar-refractivity contribution in [2.24, 2.45) is 0 Å². The average Bonchev–Trinajstić information content (AvgIpc) is 2.73. The van der Waals surface area contributed by atoms with Crippen molar-refractivity contribution < 1.29 is 31.9 Å². The summed E-state index contributed by atoms with van der Waals surface area (Å²) in [5, 5.41) is 3.07. The Kier molecular flexibility index (Phi) is 11.7. The Hall–Kier alpha value is -1.99. The van der Waals surface area contributed by atoms with E-state index >= 15 is 0 Å². The molecule has 0 aliphatic rings. The Morgan fingerprint density at radius 3 is 2.31 bits per heavy atom. The molecule has 1 atom stereocenters. The van der Waals surface area contributed by atoms with E-state index in [1.54, 1.807) is 12.1 Å². The molecule has 0 aliphatic heterocycles. The van der Waals surface area contributed by atoms with E-state index in [1.807, 2.05) is 18.2 Å². The lowest BCUT2D eigenvalue weighted by Gasteiger charge is -2.15. The van der Waals surface area contributed by atoms with E-state index < -0.39 is 14.6 Å². The molecule has 0 radical (unpaired) electrons. The second kappa shape index (κ2) is 14.2. The average molecular weight is 472 g/mol. The lowest BCUT2D eigenvalue weighted by Crippen LogP contribution is -2.19. The second-order valence-corrected chi connectivity index (χ2v) is 8.22. The Morgan fingerprint density at radius 1 is 0.906 bits per heavy atom. The van der Waals surface area contributed by atoms with Crippen LogP contribution in [0.4, 0.5) is 13.2 Å². The quantitative estimate of drug-likeness (QED) is 0.243. The second-order valence-electron chi connectivity index (χ2n) is 7.49. The van der Waals surface area contributed by atoms with Gasteiger partial charge in [-0.1, -0.05) is 55.3 Å². The Balaban J connectivity index is 1.78. The first-order chi connectivity index (χ1) is 15.3. The number of benzene rings is 2. The molecule has 0 spiro atoms. The summed E-state index contributed by atoms with van der Waals surface area (Å²) in [6.07, 6.45) is 1.14. The standard InChI is InChI=1S/C23H29F3NO4P/c24-23(25,26)31-22-17-20(18-27-15-8-16-30-32(28)29)13-14-21(22)12-7-2-1-4-9-19-10-5-3-6-11-19/h3,5-6,10-11,13-14,17,27H,1-2,4,7-9,12,15-16,18H2/p+1. The van der Waals surface area contributed by atoms with Gasteiger partial charge in [0, 0.05) is 11.1 Å². The summed E-state index contributed by atoms with van der Waals surface area (Å²) >= 11 is 0. The van der Waals surface area contributed by atoms with Crippen LogP contribution in [0.3, 0.4) is 0 Å². The first-order valence-corrected chi connectivity index (χ1v) is 11.9. The molecule has 0 saturated carbocycles. The minimum absolute atomic E-state index is 0.130. The number of unbranched alkanes of at least 4 members (excludes halogenated alkanes) is 3. The smallest absolute Gasteiger partial charge is 0.405 e. The minimum atomic E-state index is -4.74. The molecule has 176 valence electrons. The molecular formula is C23H30F3NO4P+. The van der Waals surface area contributed by atoms with Crippen LogP contribution < -0.4 is 10.1 Å². The van der Waals surface area contributed by atoms with Gasteiger partial charge in [-0.2, -0.15) is 0 Å². The number of rotatable bonds is 15. The number of nitrogens with one attached hydrogen (secondary N) is 1. The van der Waals surface area contributed by atoms with Crippen LogP contribution in [0.5, 0.6) is 5.75 Å². The normalized spacial score (nSPS) is 12.1. The maximum absolute atomic E-state index is 12.9. The van der Waals surface area contributed by atoms with Crippen molar-refractivity contribution in [3.63, 3.8) is 0 Å². The largest absolute Gasteiger partial charge is 0.694 e. The van der Waals surface area contributed by atoms with E-state index in [1.165, 1.54) is 11.6 Å². The summed E-state index contributed by atoms with van der Waals surface area (Å²) in [7, 11) is -2.61. The van der Waals surface area contributed by atoms with Crippen molar-refractivity contribution in [1.29, 1.82) is 0 Å². The minimum Gasteiger partial charge on any atom is -0.405 e. The van der Waals surface area contributed by atoms with Gasteiger partial charge in [0.2, 0.25) is 0 Å². The van der Waals surface area contributed by atoms with E-state index in [0.717, 1.165) is 32.1 Å². The van der Waals surface area contributed by atoms with Crippen LogP contribution in [-0.4, -0.2) is 24.4 Å². The van der Waals surface area contributed by atoms with Crippen molar-refractivity contribution in [1.82, 2.24) is 5.32 Å². The predicted molar refractivity (Wildman–Crippen MR) is 118 cm³/mol. The van der Waals surface area contributed by atoms with Gasteiger partial charge < -0.3 is 10.1 Å². The van der Waals surface area contributed by atoms with Crippen LogP contribution in [0.15, 0.2) is 48.5 Å². The number of ether oxygens (including phenoxy) is 1. The molecule has 0 aliphatic carbocycles. The zero-order chi connectivity index (χ0) is 23.2. The van der Waals surface area contributed by atoms with Gasteiger partial charge in [-0.15, -0.1) is 22.6 Å². The third-order valence-corrected chi connectivity index (χ3v) is 5.29. The summed E-state index contributed by atoms with van der Waals surface area (Å²) < 4.78 is 57.8. The predicted octanol–water partition coefficient (Wildman–Crippen LogP) is 6.08. The van der Waals surface area contributed by atoms with Crippen molar-refractivity contribution in [3.8, 4) is 5.75 Å². The van der Waals surface area contributed by atoms with E-state index in [2.05, 4.69) is 26.7 Å². The van der Waals surface area contributed by atoms with Gasteiger partial charge in [-0.05, 0) is 61.4 Å². The summed E-state index contributed by atoms with van der Waals surface area (Å²) in [6.45, 7) is 0.994. The van der Waals surface area contributed by atoms with E-state index in [0.29, 0.717) is 37.1 Å². The van der Waals surface area contributed by atoms with Crippen molar-refractivity contribution in [3.05, 3.63) is 65.2 Å². The molecule has 0 amide bonds. The molecule has 0 aromatic heterocycles. The van der Waals surface area contributed by atoms with Gasteiger partial charge in [-0.25, -0.2) is 0 Å². The van der Waals surface area contributed by atoms with Crippen LogP contribution in [0, 0.1) is 0 Å². The van der Waals surface area contributed by atoms with Gasteiger partial charge >= 0.3 is 14.6 Å². The van der Waals surface area contributed by atoms with Crippen LogP contribution in [-0.2, 0) is 28.5 Å². The molecule has 32 heavy (non-hydrogen) atoms. The van der Waals surface area contributed by atoms with Crippen molar-refractivity contribution in [2.75, 3.05) is 13.2 Å². The van der Waals surface area contributed by atoms with Gasteiger partial charge in [0.1, 0.15) is 12.4 Å². The first kappa shape index (κ1) is 26.3. The number of alkyl halides is 3. The number of hydrogen-bond acceptors (Lipinski definition) is 4. The Bertz CT molecular complexity index is 819. The van der Waals surface area contributed by atoms with Crippen LogP contribution >= 0.6 is 8.25 Å². The monoisotopic (exact) mass is 472 g/mol. The fourth-order valence-corrected chi connectivity index (χ4v) is 3.64. The summed E-state index contributed by atoms with van der Waals surface area (Å²) in [5.74, 6) is -0.151. The zero-order valence-corrected chi connectivity index (χ0v) is 18.8. The maximum Gasteiger partial charge on any atom is 0.694 e. The first-order valence-electron chi connectivity index (χ1n) is 10.7. The Morgan fingerprint density at radius 2 is 1.62 bits per heavy atom. The maximum atomic E-state index is 12.9. The molecule has 0 bridgehead atoms. The third-order valence-electron chi connectivity index (χ3n) is 4.89. The molecule has 0 heterocycles. The number of halogens is 3. The SMILES string of the molecule is O=[P+](O)OCCCNCc1ccc(CCCCCCc2ccccc2)c(OC(F)(F)F)c1. The molecular weight excluding hydrogens is 442 g/mol. The van der Waals surface area contributed by atoms with E-state index in [9.17, 15) is 17.7 Å². The van der Waals surface area contributed by atoms with Gasteiger partial charge in [0.15, 0.2) is 0 Å². The highest BCUT2D eigenvalue weighted by atomic mass is 31.1. The van der Waals surface area contributed by atoms with Crippen LogP contribution in [0.2, 0.25) is 0 Å². The summed E-state index contributed by atoms with van der Waals surface area (Å²) in [4.78, 5) is 8.55. The molecule has 0 fully saturated rings. The Labute approximate surface area is 187 Å². The van der Waals surface area contributed by atoms with Crippen molar-refractivity contribution >= 4 is 8.25 Å². The lowest BCUT2D eigenvalue weighted by atomic mass is 10.0. The highest BCUT2D eigenvalue weighted by molar-refractivity contribution is 7.32. The van der Waals surface area contributed by atoms with Gasteiger partial charge in [0.25, 0.3) is 0 Å². The van der Waals surface area contributed by atoms with Crippen LogP contribution in [0.25, 0.3) is 0 Å². The van der Waals surface area contributed by atoms with Gasteiger partial charge in [-0.3, -0.25) is 0 Å². The molecule has 1 unspecified atom stereocenters. The molecule has 0 saturated heterocycles. The van der Waals surface area contributed by atoms with Crippen molar-refractivity contribution in [2.45, 2.75) is 57.9 Å². The summed E-state index contributed by atoms with van der Waals surface area (Å²) in [6, 6.07) is 15.1. The van der Waals surface area contributed by atoms with E-state index in [4.69, 9.17) is 4.89 Å². The van der Waals surface area contributed by atoms with Crippen LogP contribution in [0.1, 0.15) is 48.8 Å². The van der Waals surface area contributed by atoms with E-state index in [-0.39, 0.29) is 12.4 Å². The topological polar surface area (TPSA) is 67.8 Å². The fraction of sp³-hybridized carbons (Fsp3) is 0.478. The molecule has 5 nitrogen and oxygen atoms in total. The molecule has 2 aromatic rings. The zero-order valence-electron chi connectivity index (χ0n) is 17.9. The molecule has 2 rings (SSSR count). The fourth-order valence-electron chi connectivity index (χ4n) is 3.35. The summed E-state index contributed by atoms with van der Waals surface area (Å²) in [5.41, 5.74) is 2.52. The molecule has 2 N–H and O–H groups in total. The molecule has 9 heteroatoms. The highest BCUT2D eigenvalue weighted by Gasteiger charge is 2.32. The third kappa shape index (κ3) is 11.6. The number of aryl methyl sites for hydroxylation is 2. The molecule has 2 aromatic carbocycles.